The van der Waals surface area contributed by atoms with Crippen molar-refractivity contribution in [3.8, 4) is 0 Å². The maximum absolute atomic E-state index is 12.8. The molecule has 0 spiro atoms. The molecule has 1 saturated heterocycles. The van der Waals surface area contributed by atoms with Crippen molar-refractivity contribution in [2.75, 3.05) is 26.2 Å². The number of nitrogens with one attached hydrogen (secondary N) is 1. The molecule has 1 atom stereocenters. The van der Waals surface area contributed by atoms with E-state index in [4.69, 9.17) is 0 Å². The van der Waals surface area contributed by atoms with Gasteiger partial charge >= 0.3 is 0 Å². The summed E-state index contributed by atoms with van der Waals surface area (Å²) >= 11 is 0. The standard InChI is InChI=1S/C15H23FN2/c1-13(14-5-7-15(16)8-6-14)17-9-4-12-18-10-2-3-11-18/h5-8,13,17H,2-4,9-12H2,1H3/t13-/m1/s1. The van der Waals surface area contributed by atoms with Crippen LogP contribution in [0.4, 0.5) is 4.39 Å². The van der Waals surface area contributed by atoms with Crippen LogP contribution in [0.1, 0.15) is 37.8 Å². The van der Waals surface area contributed by atoms with Crippen molar-refractivity contribution in [1.29, 1.82) is 0 Å². The van der Waals surface area contributed by atoms with Crippen LogP contribution in [0, 0.1) is 5.82 Å². The summed E-state index contributed by atoms with van der Waals surface area (Å²) < 4.78 is 12.8. The van der Waals surface area contributed by atoms with Crippen LogP contribution in [0.2, 0.25) is 0 Å². The Balaban J connectivity index is 1.64. The Morgan fingerprint density at radius 1 is 1.22 bits per heavy atom. The molecule has 0 unspecified atom stereocenters. The second-order valence-electron chi connectivity index (χ2n) is 5.13. The molecule has 1 aromatic rings. The molecule has 0 bridgehead atoms. The molecule has 3 heteroatoms. The zero-order chi connectivity index (χ0) is 12.8. The Kier molecular flexibility index (Phi) is 5.14. The van der Waals surface area contributed by atoms with Crippen molar-refractivity contribution in [2.24, 2.45) is 0 Å². The lowest BCUT2D eigenvalue weighted by Gasteiger charge is -2.17. The van der Waals surface area contributed by atoms with E-state index < -0.39 is 0 Å². The highest BCUT2D eigenvalue weighted by molar-refractivity contribution is 5.19. The van der Waals surface area contributed by atoms with E-state index in [0.29, 0.717) is 6.04 Å². The molecule has 1 N–H and O–H groups in total. The Morgan fingerprint density at radius 2 is 1.89 bits per heavy atom. The van der Waals surface area contributed by atoms with E-state index in [0.717, 1.165) is 12.1 Å². The van der Waals surface area contributed by atoms with Crippen LogP contribution in [0.15, 0.2) is 24.3 Å². The van der Waals surface area contributed by atoms with Gasteiger partial charge in [0.15, 0.2) is 0 Å². The molecule has 0 saturated carbocycles. The van der Waals surface area contributed by atoms with Gasteiger partial charge in [-0.3, -0.25) is 0 Å². The lowest BCUT2D eigenvalue weighted by atomic mass is 10.1. The third kappa shape index (κ3) is 4.07. The molecular weight excluding hydrogens is 227 g/mol. The predicted octanol–water partition coefficient (Wildman–Crippen LogP) is 2.96. The Labute approximate surface area is 109 Å². The topological polar surface area (TPSA) is 15.3 Å². The van der Waals surface area contributed by atoms with Crippen LogP contribution in [-0.4, -0.2) is 31.1 Å². The number of rotatable bonds is 6. The smallest absolute Gasteiger partial charge is 0.123 e. The van der Waals surface area contributed by atoms with Crippen LogP contribution < -0.4 is 5.32 Å². The van der Waals surface area contributed by atoms with E-state index in [1.165, 1.54) is 51.0 Å². The average molecular weight is 250 g/mol. The first-order valence-corrected chi connectivity index (χ1v) is 6.97. The van der Waals surface area contributed by atoms with Crippen LogP contribution in [0.25, 0.3) is 0 Å². The minimum Gasteiger partial charge on any atom is -0.310 e. The molecule has 2 nitrogen and oxygen atoms in total. The van der Waals surface area contributed by atoms with Crippen molar-refractivity contribution in [3.05, 3.63) is 35.6 Å². The summed E-state index contributed by atoms with van der Waals surface area (Å²) in [4.78, 5) is 2.53. The maximum atomic E-state index is 12.8. The monoisotopic (exact) mass is 250 g/mol. The highest BCUT2D eigenvalue weighted by Gasteiger charge is 2.10. The maximum Gasteiger partial charge on any atom is 0.123 e. The molecule has 1 aliphatic rings. The van der Waals surface area contributed by atoms with Crippen LogP contribution in [-0.2, 0) is 0 Å². The van der Waals surface area contributed by atoms with E-state index in [9.17, 15) is 4.39 Å². The fourth-order valence-corrected chi connectivity index (χ4v) is 2.50. The van der Waals surface area contributed by atoms with Crippen LogP contribution >= 0.6 is 0 Å². The minimum absolute atomic E-state index is 0.167. The zero-order valence-corrected chi connectivity index (χ0v) is 11.2. The van der Waals surface area contributed by atoms with Gasteiger partial charge in [0.2, 0.25) is 0 Å². The summed E-state index contributed by atoms with van der Waals surface area (Å²) in [5.41, 5.74) is 1.15. The molecule has 18 heavy (non-hydrogen) atoms. The Bertz CT molecular complexity index is 344. The van der Waals surface area contributed by atoms with Gasteiger partial charge in [0.1, 0.15) is 5.82 Å². The van der Waals surface area contributed by atoms with Gasteiger partial charge < -0.3 is 10.2 Å². The molecule has 1 aromatic carbocycles. The van der Waals surface area contributed by atoms with Crippen molar-refractivity contribution in [3.63, 3.8) is 0 Å². The number of hydrogen-bond donors (Lipinski definition) is 1. The second-order valence-corrected chi connectivity index (χ2v) is 5.13. The molecule has 1 aliphatic heterocycles. The van der Waals surface area contributed by atoms with Crippen molar-refractivity contribution in [2.45, 2.75) is 32.2 Å². The van der Waals surface area contributed by atoms with Crippen molar-refractivity contribution >= 4 is 0 Å². The zero-order valence-electron chi connectivity index (χ0n) is 11.2. The third-order valence-electron chi connectivity index (χ3n) is 3.67. The molecule has 1 fully saturated rings. The van der Waals surface area contributed by atoms with E-state index in [2.05, 4.69) is 17.1 Å². The average Bonchev–Trinajstić information content (AvgIpc) is 2.88. The lowest BCUT2D eigenvalue weighted by molar-refractivity contribution is 0.328. The van der Waals surface area contributed by atoms with Crippen LogP contribution in [0.3, 0.4) is 0 Å². The van der Waals surface area contributed by atoms with Gasteiger partial charge in [-0.15, -0.1) is 0 Å². The van der Waals surface area contributed by atoms with E-state index >= 15 is 0 Å². The van der Waals surface area contributed by atoms with Gasteiger partial charge in [0, 0.05) is 6.04 Å². The third-order valence-corrected chi connectivity index (χ3v) is 3.67. The van der Waals surface area contributed by atoms with Gasteiger partial charge in [0.05, 0.1) is 0 Å². The largest absolute Gasteiger partial charge is 0.310 e. The molecule has 0 aromatic heterocycles. The summed E-state index contributed by atoms with van der Waals surface area (Å²) in [5.74, 6) is -0.167. The van der Waals surface area contributed by atoms with Gasteiger partial charge in [-0.1, -0.05) is 12.1 Å². The molecule has 100 valence electrons. The predicted molar refractivity (Wildman–Crippen MR) is 73.1 cm³/mol. The number of halogens is 1. The molecule has 0 amide bonds. The second kappa shape index (κ2) is 6.86. The number of hydrogen-bond acceptors (Lipinski definition) is 2. The number of nitrogens with zero attached hydrogens (tertiary/aromatic N) is 1. The molecule has 1 heterocycles. The molecular formula is C15H23FN2. The lowest BCUT2D eigenvalue weighted by Crippen LogP contribution is -2.26. The first-order chi connectivity index (χ1) is 8.75. The Hall–Kier alpha value is -0.930. The summed E-state index contributed by atoms with van der Waals surface area (Å²) in [7, 11) is 0. The summed E-state index contributed by atoms with van der Waals surface area (Å²) in [5, 5.41) is 3.49. The van der Waals surface area contributed by atoms with E-state index in [-0.39, 0.29) is 5.82 Å². The van der Waals surface area contributed by atoms with Crippen LogP contribution in [0.5, 0.6) is 0 Å². The first kappa shape index (κ1) is 13.5. The highest BCUT2D eigenvalue weighted by Crippen LogP contribution is 2.13. The van der Waals surface area contributed by atoms with E-state index in [1.54, 1.807) is 0 Å². The first-order valence-electron chi connectivity index (χ1n) is 6.97. The van der Waals surface area contributed by atoms with Gasteiger partial charge in [0.25, 0.3) is 0 Å². The quantitative estimate of drug-likeness (QED) is 0.781. The van der Waals surface area contributed by atoms with Crippen molar-refractivity contribution < 1.29 is 4.39 Å². The summed E-state index contributed by atoms with van der Waals surface area (Å²) in [6.45, 7) is 6.89. The van der Waals surface area contributed by atoms with Crippen molar-refractivity contribution in [1.82, 2.24) is 10.2 Å². The molecule has 0 aliphatic carbocycles. The normalized spacial score (nSPS) is 18.1. The highest BCUT2D eigenvalue weighted by atomic mass is 19.1. The van der Waals surface area contributed by atoms with Gasteiger partial charge in [-0.2, -0.15) is 0 Å². The number of likely N-dealkylation sites (tertiary alicyclic amines) is 1. The summed E-state index contributed by atoms with van der Waals surface area (Å²) in [6, 6.07) is 7.06. The number of benzene rings is 1. The van der Waals surface area contributed by atoms with Gasteiger partial charge in [-0.05, 0) is 70.1 Å². The minimum atomic E-state index is -0.167. The molecule has 0 radical (unpaired) electrons. The SMILES string of the molecule is C[C@@H](NCCCN1CCCC1)c1ccc(F)cc1. The van der Waals surface area contributed by atoms with E-state index in [1.807, 2.05) is 12.1 Å². The molecule has 2 rings (SSSR count). The fraction of sp³-hybridized carbons (Fsp3) is 0.600. The summed E-state index contributed by atoms with van der Waals surface area (Å²) in [6.07, 6.45) is 3.91. The fourth-order valence-electron chi connectivity index (χ4n) is 2.50. The Morgan fingerprint density at radius 3 is 2.56 bits per heavy atom. The van der Waals surface area contributed by atoms with Gasteiger partial charge in [-0.25, -0.2) is 4.39 Å².